The number of halogens is 1. The van der Waals surface area contributed by atoms with Crippen molar-refractivity contribution >= 4 is 23.1 Å². The third-order valence-electron chi connectivity index (χ3n) is 5.79. The quantitative estimate of drug-likeness (QED) is 0.258. The number of oxazole rings is 1. The molecule has 1 atom stereocenters. The van der Waals surface area contributed by atoms with Gasteiger partial charge in [0.1, 0.15) is 35.2 Å². The lowest BCUT2D eigenvalue weighted by Gasteiger charge is -2.21. The molecule has 0 spiro atoms. The van der Waals surface area contributed by atoms with E-state index in [9.17, 15) is 14.3 Å². The summed E-state index contributed by atoms with van der Waals surface area (Å²) in [7, 11) is 1.61. The summed E-state index contributed by atoms with van der Waals surface area (Å²) in [5, 5.41) is 9.28. The highest BCUT2D eigenvalue weighted by atomic mass is 19.1. The largest absolute Gasteiger partial charge is 0.497 e. The number of ether oxygens (including phenoxy) is 3. The minimum absolute atomic E-state index is 0.360. The second kappa shape index (κ2) is 12.1. The molecular formula is C28H29FN2O6. The molecule has 1 N–H and O–H groups in total. The fraction of sp³-hybridized carbons (Fsp3) is 0.286. The van der Waals surface area contributed by atoms with Crippen LogP contribution in [0.3, 0.4) is 0 Å². The molecule has 4 rings (SSSR count). The van der Waals surface area contributed by atoms with Gasteiger partial charge >= 0.3 is 5.97 Å². The van der Waals surface area contributed by atoms with Crippen molar-refractivity contribution in [3.8, 4) is 17.2 Å². The number of methoxy groups -OCH3 is 1. The minimum Gasteiger partial charge on any atom is -0.497 e. The van der Waals surface area contributed by atoms with Gasteiger partial charge in [-0.2, -0.15) is 4.98 Å². The predicted molar refractivity (Wildman–Crippen MR) is 137 cm³/mol. The number of carbonyl (C=O) groups is 1. The molecule has 0 aliphatic heterocycles. The van der Waals surface area contributed by atoms with Crippen molar-refractivity contribution < 1.29 is 32.9 Å². The van der Waals surface area contributed by atoms with Gasteiger partial charge in [-0.3, -0.25) is 0 Å². The van der Waals surface area contributed by atoms with E-state index < -0.39 is 12.1 Å². The van der Waals surface area contributed by atoms with E-state index in [0.29, 0.717) is 61.2 Å². The lowest BCUT2D eigenvalue weighted by Crippen LogP contribution is -2.30. The van der Waals surface area contributed by atoms with Gasteiger partial charge in [0.05, 0.1) is 13.7 Å². The Hall–Kier alpha value is -4.27. The normalized spacial score (nSPS) is 11.8. The van der Waals surface area contributed by atoms with E-state index in [1.165, 1.54) is 12.1 Å². The molecule has 0 saturated carbocycles. The predicted octanol–water partition coefficient (Wildman–Crippen LogP) is 5.35. The number of aromatic nitrogens is 1. The highest BCUT2D eigenvalue weighted by Gasteiger charge is 2.18. The van der Waals surface area contributed by atoms with Crippen LogP contribution in [0.15, 0.2) is 71.1 Å². The first-order valence-corrected chi connectivity index (χ1v) is 12.0. The molecule has 0 radical (unpaired) electrons. The average Bonchev–Trinajstić information content (AvgIpc) is 3.32. The SMILES string of the molecule is CCC(Oc1cccc(CCN(CCOc2ccc(OC)cc2)c2nc3cc(F)ccc3o2)c1)C(=O)O. The van der Waals surface area contributed by atoms with E-state index in [1.807, 2.05) is 47.4 Å². The van der Waals surface area contributed by atoms with E-state index >= 15 is 0 Å². The molecular weight excluding hydrogens is 479 g/mol. The van der Waals surface area contributed by atoms with Crippen molar-refractivity contribution in [3.63, 3.8) is 0 Å². The zero-order valence-corrected chi connectivity index (χ0v) is 20.7. The summed E-state index contributed by atoms with van der Waals surface area (Å²) >= 11 is 0. The smallest absolute Gasteiger partial charge is 0.344 e. The molecule has 3 aromatic carbocycles. The number of anilines is 1. The van der Waals surface area contributed by atoms with Crippen LogP contribution in [0.2, 0.25) is 0 Å². The van der Waals surface area contributed by atoms with E-state index in [-0.39, 0.29) is 5.82 Å². The Kier molecular flexibility index (Phi) is 8.45. The molecule has 0 fully saturated rings. The third kappa shape index (κ3) is 6.91. The molecule has 9 heteroatoms. The summed E-state index contributed by atoms with van der Waals surface area (Å²) < 4.78 is 36.3. The molecule has 37 heavy (non-hydrogen) atoms. The molecule has 0 amide bonds. The van der Waals surface area contributed by atoms with Gasteiger partial charge in [-0.05, 0) is 66.9 Å². The number of hydrogen-bond donors (Lipinski definition) is 1. The van der Waals surface area contributed by atoms with Crippen molar-refractivity contribution in [1.29, 1.82) is 0 Å². The van der Waals surface area contributed by atoms with Crippen LogP contribution in [0.5, 0.6) is 17.2 Å². The van der Waals surface area contributed by atoms with Crippen LogP contribution >= 0.6 is 0 Å². The topological polar surface area (TPSA) is 94.3 Å². The van der Waals surface area contributed by atoms with Crippen molar-refractivity contribution in [2.75, 3.05) is 31.7 Å². The standard InChI is InChI=1S/C28H29FN2O6/c1-3-25(27(32)33)36-23-6-4-5-19(17-23)13-14-31(15-16-35-22-10-8-21(34-2)9-11-22)28-30-24-18-20(29)7-12-26(24)37-28/h4-12,17-18,25H,3,13-16H2,1-2H3,(H,32,33). The maximum absolute atomic E-state index is 13.7. The fourth-order valence-electron chi connectivity index (χ4n) is 3.78. The Bertz CT molecular complexity index is 1320. The zero-order valence-electron chi connectivity index (χ0n) is 20.7. The molecule has 0 aliphatic rings. The summed E-state index contributed by atoms with van der Waals surface area (Å²) in [6, 6.07) is 19.3. The number of carboxylic acid groups (broad SMARTS) is 1. The van der Waals surface area contributed by atoms with E-state index in [4.69, 9.17) is 18.6 Å². The zero-order chi connectivity index (χ0) is 26.2. The molecule has 4 aromatic rings. The Morgan fingerprint density at radius 3 is 2.57 bits per heavy atom. The first kappa shape index (κ1) is 25.8. The highest BCUT2D eigenvalue weighted by Crippen LogP contribution is 2.24. The Balaban J connectivity index is 1.47. The van der Waals surface area contributed by atoms with Gasteiger partial charge in [-0.15, -0.1) is 0 Å². The van der Waals surface area contributed by atoms with Crippen LogP contribution in [0.25, 0.3) is 11.1 Å². The summed E-state index contributed by atoms with van der Waals surface area (Å²) in [6.07, 6.45) is 0.0679. The lowest BCUT2D eigenvalue weighted by atomic mass is 10.1. The van der Waals surface area contributed by atoms with Crippen LogP contribution in [0.1, 0.15) is 18.9 Å². The second-order valence-corrected chi connectivity index (χ2v) is 8.37. The Morgan fingerprint density at radius 2 is 1.84 bits per heavy atom. The van der Waals surface area contributed by atoms with Crippen LogP contribution in [-0.4, -0.2) is 49.0 Å². The van der Waals surface area contributed by atoms with Crippen LogP contribution in [-0.2, 0) is 11.2 Å². The van der Waals surface area contributed by atoms with E-state index in [2.05, 4.69) is 4.98 Å². The monoisotopic (exact) mass is 508 g/mol. The molecule has 1 heterocycles. The fourth-order valence-corrected chi connectivity index (χ4v) is 3.78. The summed E-state index contributed by atoms with van der Waals surface area (Å²) in [6.45, 7) is 3.12. The van der Waals surface area contributed by atoms with Gasteiger partial charge in [0.2, 0.25) is 0 Å². The third-order valence-corrected chi connectivity index (χ3v) is 5.79. The summed E-state index contributed by atoms with van der Waals surface area (Å²) in [4.78, 5) is 17.7. The van der Waals surface area contributed by atoms with Crippen LogP contribution < -0.4 is 19.1 Å². The number of rotatable bonds is 13. The first-order valence-electron chi connectivity index (χ1n) is 12.0. The van der Waals surface area contributed by atoms with Gasteiger partial charge in [-0.25, -0.2) is 9.18 Å². The molecule has 0 aliphatic carbocycles. The van der Waals surface area contributed by atoms with Gasteiger partial charge in [0.25, 0.3) is 6.01 Å². The van der Waals surface area contributed by atoms with Crippen molar-refractivity contribution in [3.05, 3.63) is 78.1 Å². The van der Waals surface area contributed by atoms with Crippen LogP contribution in [0, 0.1) is 5.82 Å². The number of fused-ring (bicyclic) bond motifs is 1. The Morgan fingerprint density at radius 1 is 1.05 bits per heavy atom. The number of aliphatic carboxylic acids is 1. The summed E-state index contributed by atoms with van der Waals surface area (Å²) in [5.74, 6) is 0.564. The second-order valence-electron chi connectivity index (χ2n) is 8.37. The molecule has 1 unspecified atom stereocenters. The first-order chi connectivity index (χ1) is 17.9. The van der Waals surface area contributed by atoms with Gasteiger partial charge in [-0.1, -0.05) is 19.1 Å². The van der Waals surface area contributed by atoms with Crippen molar-refractivity contribution in [1.82, 2.24) is 4.98 Å². The Labute approximate surface area is 214 Å². The van der Waals surface area contributed by atoms with Crippen LogP contribution in [0.4, 0.5) is 10.4 Å². The lowest BCUT2D eigenvalue weighted by molar-refractivity contribution is -0.145. The maximum atomic E-state index is 13.7. The van der Waals surface area contributed by atoms with Gasteiger partial charge < -0.3 is 28.6 Å². The minimum atomic E-state index is -0.997. The van der Waals surface area contributed by atoms with E-state index in [0.717, 1.165) is 11.3 Å². The van der Waals surface area contributed by atoms with Crippen molar-refractivity contribution in [2.24, 2.45) is 0 Å². The average molecular weight is 509 g/mol. The molecule has 8 nitrogen and oxygen atoms in total. The van der Waals surface area contributed by atoms with E-state index in [1.54, 1.807) is 26.2 Å². The number of carboxylic acids is 1. The highest BCUT2D eigenvalue weighted by molar-refractivity contribution is 5.74. The number of nitrogens with zero attached hydrogens (tertiary/aromatic N) is 2. The molecule has 1 aromatic heterocycles. The molecule has 0 saturated heterocycles. The molecule has 194 valence electrons. The summed E-state index contributed by atoms with van der Waals surface area (Å²) in [5.41, 5.74) is 1.89. The number of hydrogen-bond acceptors (Lipinski definition) is 7. The number of benzene rings is 3. The van der Waals surface area contributed by atoms with Gasteiger partial charge in [0.15, 0.2) is 11.7 Å². The van der Waals surface area contributed by atoms with Crippen molar-refractivity contribution in [2.45, 2.75) is 25.9 Å². The molecule has 0 bridgehead atoms. The maximum Gasteiger partial charge on any atom is 0.344 e. The van der Waals surface area contributed by atoms with Gasteiger partial charge in [0, 0.05) is 12.6 Å².